The second-order valence-corrected chi connectivity index (χ2v) is 8.22. The molecule has 2 aliphatic rings. The highest BCUT2D eigenvalue weighted by molar-refractivity contribution is 5.75. The van der Waals surface area contributed by atoms with E-state index in [9.17, 15) is 4.79 Å². The van der Waals surface area contributed by atoms with Crippen LogP contribution in [0.5, 0.6) is 0 Å². The number of hydrogen-bond donors (Lipinski definition) is 2. The number of carbonyl (C=O) groups is 1. The van der Waals surface area contributed by atoms with Crippen LogP contribution in [0.3, 0.4) is 0 Å². The van der Waals surface area contributed by atoms with Crippen LogP contribution in [0, 0.1) is 0 Å². The summed E-state index contributed by atoms with van der Waals surface area (Å²) in [6, 6.07) is 9.01. The zero-order valence-electron chi connectivity index (χ0n) is 16.3. The molecule has 146 valence electrons. The molecule has 1 aromatic heterocycles. The van der Waals surface area contributed by atoms with E-state index in [1.807, 2.05) is 18.2 Å². The highest BCUT2D eigenvalue weighted by Gasteiger charge is 2.27. The third kappa shape index (κ3) is 4.63. The molecule has 0 radical (unpaired) electrons. The van der Waals surface area contributed by atoms with Crippen molar-refractivity contribution in [3.05, 3.63) is 30.1 Å². The van der Waals surface area contributed by atoms with E-state index in [2.05, 4.69) is 21.3 Å². The van der Waals surface area contributed by atoms with Gasteiger partial charge in [0.1, 0.15) is 5.82 Å². The molecule has 0 saturated heterocycles. The Morgan fingerprint density at radius 2 is 1.74 bits per heavy atom. The molecule has 4 rings (SSSR count). The lowest BCUT2D eigenvalue weighted by atomic mass is 9.93. The molecule has 2 amide bonds. The molecule has 1 aromatic carbocycles. The number of amides is 2. The van der Waals surface area contributed by atoms with E-state index in [0.717, 1.165) is 55.5 Å². The quantitative estimate of drug-likeness (QED) is 0.797. The average Bonchev–Trinajstić information content (AvgIpc) is 3.13. The van der Waals surface area contributed by atoms with Gasteiger partial charge in [0, 0.05) is 25.0 Å². The summed E-state index contributed by atoms with van der Waals surface area (Å²) >= 11 is 0. The van der Waals surface area contributed by atoms with Crippen molar-refractivity contribution in [2.24, 2.45) is 0 Å². The molecule has 2 N–H and O–H groups in total. The van der Waals surface area contributed by atoms with Crippen LogP contribution in [0.15, 0.2) is 24.3 Å². The Hall–Kier alpha value is -2.04. The van der Waals surface area contributed by atoms with Crippen LogP contribution < -0.4 is 5.32 Å². The van der Waals surface area contributed by atoms with Crippen molar-refractivity contribution >= 4 is 17.1 Å². The summed E-state index contributed by atoms with van der Waals surface area (Å²) in [5, 5.41) is 3.34. The van der Waals surface area contributed by atoms with E-state index < -0.39 is 0 Å². The normalized spacial score (nSPS) is 19.3. The average molecular weight is 369 g/mol. The van der Waals surface area contributed by atoms with Gasteiger partial charge >= 0.3 is 6.03 Å². The third-order valence-corrected chi connectivity index (χ3v) is 6.24. The molecular weight excluding hydrogens is 336 g/mol. The molecule has 0 spiro atoms. The number of aromatic nitrogens is 2. The van der Waals surface area contributed by atoms with Crippen molar-refractivity contribution in [1.29, 1.82) is 0 Å². The summed E-state index contributed by atoms with van der Waals surface area (Å²) in [5.41, 5.74) is 2.08. The molecular formula is C22H32N4O. The first-order valence-electron chi connectivity index (χ1n) is 10.8. The van der Waals surface area contributed by atoms with Gasteiger partial charge < -0.3 is 15.2 Å². The van der Waals surface area contributed by atoms with E-state index in [0.29, 0.717) is 12.1 Å². The fraction of sp³-hybridized carbons (Fsp3) is 0.636. The summed E-state index contributed by atoms with van der Waals surface area (Å²) in [4.78, 5) is 23.3. The summed E-state index contributed by atoms with van der Waals surface area (Å²) < 4.78 is 0. The minimum absolute atomic E-state index is 0.143. The second-order valence-electron chi connectivity index (χ2n) is 8.22. The zero-order chi connectivity index (χ0) is 18.5. The Morgan fingerprint density at radius 3 is 2.48 bits per heavy atom. The molecule has 2 fully saturated rings. The van der Waals surface area contributed by atoms with Crippen LogP contribution in [-0.4, -0.2) is 39.5 Å². The van der Waals surface area contributed by atoms with Crippen LogP contribution >= 0.6 is 0 Å². The number of para-hydroxylation sites is 2. The van der Waals surface area contributed by atoms with Gasteiger partial charge in [0.2, 0.25) is 0 Å². The van der Waals surface area contributed by atoms with Crippen molar-refractivity contribution in [2.75, 3.05) is 6.54 Å². The molecule has 0 bridgehead atoms. The van der Waals surface area contributed by atoms with E-state index in [4.69, 9.17) is 4.98 Å². The Balaban J connectivity index is 1.42. The van der Waals surface area contributed by atoms with Crippen molar-refractivity contribution in [1.82, 2.24) is 20.2 Å². The Morgan fingerprint density at radius 1 is 1.04 bits per heavy atom. The molecule has 1 heterocycles. The maximum atomic E-state index is 13.1. The van der Waals surface area contributed by atoms with Crippen LogP contribution in [0.2, 0.25) is 0 Å². The maximum absolute atomic E-state index is 13.1. The molecule has 5 nitrogen and oxygen atoms in total. The Bertz CT molecular complexity index is 711. The van der Waals surface area contributed by atoms with E-state index in [1.165, 1.54) is 38.5 Å². The summed E-state index contributed by atoms with van der Waals surface area (Å²) in [5.74, 6) is 0.975. The fourth-order valence-electron chi connectivity index (χ4n) is 4.70. The highest BCUT2D eigenvalue weighted by atomic mass is 16.2. The van der Waals surface area contributed by atoms with Gasteiger partial charge in [-0.25, -0.2) is 9.78 Å². The fourth-order valence-corrected chi connectivity index (χ4v) is 4.70. The molecule has 5 heteroatoms. The van der Waals surface area contributed by atoms with Gasteiger partial charge in [-0.2, -0.15) is 0 Å². The summed E-state index contributed by atoms with van der Waals surface area (Å²) in [7, 11) is 0. The number of nitrogens with one attached hydrogen (secondary N) is 2. The van der Waals surface area contributed by atoms with Gasteiger partial charge in [-0.15, -0.1) is 0 Å². The number of benzene rings is 1. The van der Waals surface area contributed by atoms with Gasteiger partial charge in [-0.3, -0.25) is 0 Å². The molecule has 0 unspecified atom stereocenters. The minimum atomic E-state index is 0.143. The highest BCUT2D eigenvalue weighted by Crippen LogP contribution is 2.24. The molecule has 2 saturated carbocycles. The Labute approximate surface area is 161 Å². The SMILES string of the molecule is O=C(NC1CCCCC1)N(CCc1nc2ccccc2[nH]1)C1CCCCC1. The number of rotatable bonds is 5. The van der Waals surface area contributed by atoms with E-state index in [1.54, 1.807) is 0 Å². The van der Waals surface area contributed by atoms with Crippen molar-refractivity contribution in [3.63, 3.8) is 0 Å². The number of aromatic amines is 1. The minimum Gasteiger partial charge on any atom is -0.342 e. The van der Waals surface area contributed by atoms with Crippen molar-refractivity contribution in [2.45, 2.75) is 82.7 Å². The molecule has 2 aliphatic carbocycles. The van der Waals surface area contributed by atoms with Gasteiger partial charge in [0.25, 0.3) is 0 Å². The predicted octanol–water partition coefficient (Wildman–Crippen LogP) is 4.78. The monoisotopic (exact) mass is 368 g/mol. The Kier molecular flexibility index (Phi) is 5.95. The molecule has 27 heavy (non-hydrogen) atoms. The largest absolute Gasteiger partial charge is 0.342 e. The number of fused-ring (bicyclic) bond motifs is 1. The number of H-pyrrole nitrogens is 1. The van der Waals surface area contributed by atoms with Gasteiger partial charge in [-0.05, 0) is 37.8 Å². The van der Waals surface area contributed by atoms with Gasteiger partial charge in [0.15, 0.2) is 0 Å². The number of carbonyl (C=O) groups excluding carboxylic acids is 1. The lowest BCUT2D eigenvalue weighted by Crippen LogP contribution is -2.51. The first-order valence-corrected chi connectivity index (χ1v) is 10.8. The number of hydrogen-bond acceptors (Lipinski definition) is 2. The zero-order valence-corrected chi connectivity index (χ0v) is 16.3. The summed E-state index contributed by atoms with van der Waals surface area (Å²) in [6.45, 7) is 0.739. The number of urea groups is 1. The predicted molar refractivity (Wildman–Crippen MR) is 109 cm³/mol. The first kappa shape index (κ1) is 18.3. The van der Waals surface area contributed by atoms with Crippen LogP contribution in [0.1, 0.15) is 70.0 Å². The molecule has 2 aromatic rings. The van der Waals surface area contributed by atoms with Crippen LogP contribution in [-0.2, 0) is 6.42 Å². The lowest BCUT2D eigenvalue weighted by Gasteiger charge is -2.36. The van der Waals surface area contributed by atoms with E-state index in [-0.39, 0.29) is 6.03 Å². The van der Waals surface area contributed by atoms with Gasteiger partial charge in [0.05, 0.1) is 11.0 Å². The number of nitrogens with zero attached hydrogens (tertiary/aromatic N) is 2. The molecule has 0 aliphatic heterocycles. The van der Waals surface area contributed by atoms with E-state index >= 15 is 0 Å². The maximum Gasteiger partial charge on any atom is 0.317 e. The standard InChI is InChI=1S/C22H32N4O/c27-22(23-17-9-3-1-4-10-17)26(18-11-5-2-6-12-18)16-15-21-24-19-13-7-8-14-20(19)25-21/h7-8,13-14,17-18H,1-6,9-12,15-16H2,(H,23,27)(H,24,25). The summed E-state index contributed by atoms with van der Waals surface area (Å²) in [6.07, 6.45) is 12.9. The smallest absolute Gasteiger partial charge is 0.317 e. The number of imidazole rings is 1. The van der Waals surface area contributed by atoms with Crippen LogP contribution in [0.25, 0.3) is 11.0 Å². The third-order valence-electron chi connectivity index (χ3n) is 6.24. The first-order chi connectivity index (χ1) is 13.3. The van der Waals surface area contributed by atoms with Crippen molar-refractivity contribution < 1.29 is 4.79 Å². The van der Waals surface area contributed by atoms with Crippen LogP contribution in [0.4, 0.5) is 4.79 Å². The van der Waals surface area contributed by atoms with Crippen molar-refractivity contribution in [3.8, 4) is 0 Å². The topological polar surface area (TPSA) is 61.0 Å². The lowest BCUT2D eigenvalue weighted by molar-refractivity contribution is 0.150. The second kappa shape index (κ2) is 8.77. The van der Waals surface area contributed by atoms with Gasteiger partial charge in [-0.1, -0.05) is 50.7 Å². The molecule has 0 atom stereocenters.